The molecule has 0 unspecified atom stereocenters. The van der Waals surface area contributed by atoms with Gasteiger partial charge in [-0.05, 0) is 28.1 Å². The molecule has 0 amide bonds. The number of aromatic nitrogens is 2. The Bertz CT molecular complexity index is 613. The van der Waals surface area contributed by atoms with Crippen molar-refractivity contribution < 1.29 is 0 Å². The maximum absolute atomic E-state index is 11.6. The molecule has 0 N–H and O–H groups in total. The quantitative estimate of drug-likeness (QED) is 0.844. The largest absolute Gasteiger partial charge is 0.308 e. The van der Waals surface area contributed by atoms with Crippen LogP contribution in [0.3, 0.4) is 0 Å². The molecule has 0 aliphatic rings. The Morgan fingerprint density at radius 1 is 1.35 bits per heavy atom. The summed E-state index contributed by atoms with van der Waals surface area (Å²) >= 11 is 15.1. The minimum absolute atomic E-state index is 0.110. The summed E-state index contributed by atoms with van der Waals surface area (Å²) in [6.45, 7) is 0.314. The highest BCUT2D eigenvalue weighted by molar-refractivity contribution is 9.10. The predicted octanol–water partition coefficient (Wildman–Crippen LogP) is 3.36. The molecule has 0 radical (unpaired) electrons. The average molecular weight is 334 g/mol. The third-order valence-electron chi connectivity index (χ3n) is 2.15. The van der Waals surface area contributed by atoms with E-state index in [2.05, 4.69) is 20.9 Å². The summed E-state index contributed by atoms with van der Waals surface area (Å²) in [5.41, 5.74) is 0.497. The summed E-state index contributed by atoms with van der Waals surface area (Å²) in [7, 11) is 0. The SMILES string of the molecule is O=c1ccc(Br)cn1Cc1ncc(Cl)cc1Cl. The van der Waals surface area contributed by atoms with Crippen LogP contribution in [0.2, 0.25) is 10.0 Å². The summed E-state index contributed by atoms with van der Waals surface area (Å²) in [5, 5.41) is 0.921. The van der Waals surface area contributed by atoms with Gasteiger partial charge in [0.05, 0.1) is 22.3 Å². The van der Waals surface area contributed by atoms with E-state index in [1.54, 1.807) is 18.3 Å². The molecule has 88 valence electrons. The standard InChI is InChI=1S/C11H7BrCl2N2O/c12-7-1-2-11(17)16(5-7)6-10-9(14)3-8(13)4-15-10/h1-5H,6H2. The normalized spacial score (nSPS) is 10.5. The number of pyridine rings is 2. The van der Waals surface area contributed by atoms with Crippen LogP contribution in [-0.2, 0) is 6.54 Å². The first-order valence-corrected chi connectivity index (χ1v) is 6.27. The van der Waals surface area contributed by atoms with Crippen molar-refractivity contribution in [3.8, 4) is 0 Å². The van der Waals surface area contributed by atoms with Crippen molar-refractivity contribution in [2.75, 3.05) is 0 Å². The van der Waals surface area contributed by atoms with Crippen LogP contribution in [0.15, 0.2) is 39.9 Å². The second-order valence-electron chi connectivity index (χ2n) is 3.40. The van der Waals surface area contributed by atoms with Gasteiger partial charge in [-0.2, -0.15) is 0 Å². The Kier molecular flexibility index (Phi) is 3.86. The lowest BCUT2D eigenvalue weighted by Crippen LogP contribution is -2.19. The van der Waals surface area contributed by atoms with Crippen LogP contribution >= 0.6 is 39.1 Å². The third-order valence-corrected chi connectivity index (χ3v) is 3.15. The molecule has 0 saturated carbocycles. The number of rotatable bonds is 2. The van der Waals surface area contributed by atoms with Crippen molar-refractivity contribution >= 4 is 39.1 Å². The zero-order chi connectivity index (χ0) is 12.4. The van der Waals surface area contributed by atoms with E-state index in [-0.39, 0.29) is 5.56 Å². The molecule has 0 atom stereocenters. The highest BCUT2D eigenvalue weighted by Gasteiger charge is 2.05. The molecule has 6 heteroatoms. The molecular formula is C11H7BrCl2N2O. The molecule has 0 bridgehead atoms. The van der Waals surface area contributed by atoms with Crippen molar-refractivity contribution in [1.29, 1.82) is 0 Å². The van der Waals surface area contributed by atoms with Gasteiger partial charge in [0, 0.05) is 22.9 Å². The van der Waals surface area contributed by atoms with Gasteiger partial charge in [0.2, 0.25) is 0 Å². The Hall–Kier alpha value is -0.840. The van der Waals surface area contributed by atoms with Crippen molar-refractivity contribution in [2.24, 2.45) is 0 Å². The van der Waals surface area contributed by atoms with Gasteiger partial charge in [-0.3, -0.25) is 9.78 Å². The first-order valence-electron chi connectivity index (χ1n) is 4.72. The Balaban J connectivity index is 2.38. The van der Waals surface area contributed by atoms with Crippen LogP contribution in [-0.4, -0.2) is 9.55 Å². The lowest BCUT2D eigenvalue weighted by atomic mass is 10.3. The van der Waals surface area contributed by atoms with Crippen molar-refractivity contribution in [2.45, 2.75) is 6.54 Å². The fourth-order valence-corrected chi connectivity index (χ4v) is 2.17. The fraction of sp³-hybridized carbons (Fsp3) is 0.0909. The van der Waals surface area contributed by atoms with Gasteiger partial charge in [0.25, 0.3) is 5.56 Å². The van der Waals surface area contributed by atoms with Crippen molar-refractivity contribution in [3.63, 3.8) is 0 Å². The molecular weight excluding hydrogens is 327 g/mol. The molecule has 2 aromatic heterocycles. The van der Waals surface area contributed by atoms with Crippen LogP contribution in [0.25, 0.3) is 0 Å². The second-order valence-corrected chi connectivity index (χ2v) is 5.15. The van der Waals surface area contributed by atoms with Gasteiger partial charge < -0.3 is 4.57 Å². The molecule has 0 aliphatic carbocycles. The first kappa shape index (κ1) is 12.6. The van der Waals surface area contributed by atoms with Gasteiger partial charge >= 0.3 is 0 Å². The average Bonchev–Trinajstić information content (AvgIpc) is 2.27. The summed E-state index contributed by atoms with van der Waals surface area (Å²) in [6.07, 6.45) is 3.20. The summed E-state index contributed by atoms with van der Waals surface area (Å²) in [5.74, 6) is 0. The van der Waals surface area contributed by atoms with E-state index in [1.165, 1.54) is 16.8 Å². The fourth-order valence-electron chi connectivity index (χ4n) is 1.35. The summed E-state index contributed by atoms with van der Waals surface area (Å²) < 4.78 is 2.34. The van der Waals surface area contributed by atoms with E-state index in [1.807, 2.05) is 0 Å². The monoisotopic (exact) mass is 332 g/mol. The van der Waals surface area contributed by atoms with Crippen molar-refractivity contribution in [3.05, 3.63) is 61.2 Å². The highest BCUT2D eigenvalue weighted by Crippen LogP contribution is 2.19. The summed E-state index contributed by atoms with van der Waals surface area (Å²) in [6, 6.07) is 4.78. The topological polar surface area (TPSA) is 34.9 Å². The van der Waals surface area contributed by atoms with Crippen LogP contribution in [0.5, 0.6) is 0 Å². The number of halogens is 3. The zero-order valence-corrected chi connectivity index (χ0v) is 11.6. The number of nitrogens with zero attached hydrogens (tertiary/aromatic N) is 2. The van der Waals surface area contributed by atoms with Gasteiger partial charge in [-0.25, -0.2) is 0 Å². The molecule has 2 rings (SSSR count). The minimum Gasteiger partial charge on any atom is -0.308 e. The van der Waals surface area contributed by atoms with Gasteiger partial charge in [-0.1, -0.05) is 23.2 Å². The van der Waals surface area contributed by atoms with E-state index in [4.69, 9.17) is 23.2 Å². The molecule has 0 aromatic carbocycles. The van der Waals surface area contributed by atoms with Gasteiger partial charge in [-0.15, -0.1) is 0 Å². The Morgan fingerprint density at radius 2 is 2.12 bits per heavy atom. The number of hydrogen-bond donors (Lipinski definition) is 0. The molecule has 0 saturated heterocycles. The predicted molar refractivity (Wildman–Crippen MR) is 71.8 cm³/mol. The Morgan fingerprint density at radius 3 is 2.82 bits per heavy atom. The van der Waals surface area contributed by atoms with Crippen LogP contribution < -0.4 is 5.56 Å². The molecule has 0 fully saturated rings. The summed E-state index contributed by atoms with van der Waals surface area (Å²) in [4.78, 5) is 15.7. The zero-order valence-electron chi connectivity index (χ0n) is 8.53. The molecule has 2 aromatic rings. The van der Waals surface area contributed by atoms with Crippen LogP contribution in [0.1, 0.15) is 5.69 Å². The van der Waals surface area contributed by atoms with Crippen LogP contribution in [0.4, 0.5) is 0 Å². The van der Waals surface area contributed by atoms with E-state index in [9.17, 15) is 4.79 Å². The smallest absolute Gasteiger partial charge is 0.250 e. The van der Waals surface area contributed by atoms with Crippen molar-refractivity contribution in [1.82, 2.24) is 9.55 Å². The van der Waals surface area contributed by atoms with Gasteiger partial charge in [0.15, 0.2) is 0 Å². The molecule has 0 spiro atoms. The van der Waals surface area contributed by atoms with E-state index >= 15 is 0 Å². The molecule has 2 heterocycles. The molecule has 0 aliphatic heterocycles. The second kappa shape index (κ2) is 5.21. The molecule has 17 heavy (non-hydrogen) atoms. The maximum atomic E-state index is 11.6. The Labute approximate surface area is 116 Å². The van der Waals surface area contributed by atoms with Crippen LogP contribution in [0, 0.1) is 0 Å². The van der Waals surface area contributed by atoms with E-state index in [0.717, 1.165) is 4.47 Å². The van der Waals surface area contributed by atoms with Gasteiger partial charge in [0.1, 0.15) is 0 Å². The first-order chi connectivity index (χ1) is 8.06. The maximum Gasteiger partial charge on any atom is 0.250 e. The lowest BCUT2D eigenvalue weighted by molar-refractivity contribution is 0.737. The van der Waals surface area contributed by atoms with E-state index in [0.29, 0.717) is 22.3 Å². The minimum atomic E-state index is -0.110. The lowest BCUT2D eigenvalue weighted by Gasteiger charge is -2.07. The highest BCUT2D eigenvalue weighted by atomic mass is 79.9. The third kappa shape index (κ3) is 3.09. The number of hydrogen-bond acceptors (Lipinski definition) is 2. The van der Waals surface area contributed by atoms with E-state index < -0.39 is 0 Å². The molecule has 3 nitrogen and oxygen atoms in total.